The molecular formula is C14H14INO3. The van der Waals surface area contributed by atoms with Gasteiger partial charge in [-0.1, -0.05) is 35.5 Å². The van der Waals surface area contributed by atoms with E-state index in [-0.39, 0.29) is 12.6 Å². The van der Waals surface area contributed by atoms with Crippen LogP contribution in [0.5, 0.6) is 0 Å². The molecule has 100 valence electrons. The molecule has 0 spiro atoms. The second-order valence-electron chi connectivity index (χ2n) is 4.25. The van der Waals surface area contributed by atoms with Crippen molar-refractivity contribution < 1.29 is 14.1 Å². The fraction of sp³-hybridized carbons (Fsp3) is 0.286. The number of benzene rings is 1. The van der Waals surface area contributed by atoms with Crippen molar-refractivity contribution in [2.75, 3.05) is 0 Å². The van der Waals surface area contributed by atoms with E-state index in [2.05, 4.69) is 27.7 Å². The minimum absolute atomic E-state index is 0.275. The Bertz CT molecular complexity index is 565. The maximum absolute atomic E-state index is 12.0. The summed E-state index contributed by atoms with van der Waals surface area (Å²) in [7, 11) is 0. The van der Waals surface area contributed by atoms with Crippen molar-refractivity contribution in [3.8, 4) is 0 Å². The molecule has 0 aliphatic carbocycles. The van der Waals surface area contributed by atoms with Crippen molar-refractivity contribution in [2.45, 2.75) is 26.4 Å². The molecule has 1 atom stereocenters. The summed E-state index contributed by atoms with van der Waals surface area (Å²) >= 11 is 2.12. The Hall–Kier alpha value is -1.37. The van der Waals surface area contributed by atoms with Crippen LogP contribution < -0.4 is 0 Å². The highest BCUT2D eigenvalue weighted by atomic mass is 127. The van der Waals surface area contributed by atoms with E-state index in [1.807, 2.05) is 37.3 Å². The lowest BCUT2D eigenvalue weighted by molar-refractivity contribution is -0.146. The van der Waals surface area contributed by atoms with E-state index in [1.165, 1.54) is 0 Å². The number of hydrogen-bond donors (Lipinski definition) is 0. The summed E-state index contributed by atoms with van der Waals surface area (Å²) in [6.45, 7) is 3.87. The Kier molecular flexibility index (Phi) is 4.57. The normalized spacial score (nSPS) is 12.2. The number of halogens is 1. The fourth-order valence-electron chi connectivity index (χ4n) is 1.61. The molecule has 0 amide bonds. The summed E-state index contributed by atoms with van der Waals surface area (Å²) in [5.74, 6) is 0.00133. The minimum Gasteiger partial charge on any atom is -0.460 e. The van der Waals surface area contributed by atoms with Gasteiger partial charge in [0.25, 0.3) is 0 Å². The molecule has 2 rings (SSSR count). The van der Waals surface area contributed by atoms with Crippen LogP contribution in [0, 0.1) is 10.5 Å². The summed E-state index contributed by atoms with van der Waals surface area (Å²) in [6, 6.07) is 9.59. The summed E-state index contributed by atoms with van der Waals surface area (Å²) in [5.41, 5.74) is 1.60. The standard InChI is InChI=1S/C14H14INO3/c1-9(13-12(15)10(2)19-16-13)14(17)18-8-11-6-4-3-5-7-11/h3-7,9H,8H2,1-2H3. The van der Waals surface area contributed by atoms with E-state index in [4.69, 9.17) is 9.26 Å². The first-order valence-corrected chi connectivity index (χ1v) is 6.99. The molecule has 0 fully saturated rings. The third-order valence-electron chi connectivity index (χ3n) is 2.80. The van der Waals surface area contributed by atoms with Gasteiger partial charge in [-0.15, -0.1) is 0 Å². The zero-order valence-electron chi connectivity index (χ0n) is 10.7. The molecule has 19 heavy (non-hydrogen) atoms. The van der Waals surface area contributed by atoms with Gasteiger partial charge in [0.1, 0.15) is 24.0 Å². The minimum atomic E-state index is -0.423. The van der Waals surface area contributed by atoms with E-state index < -0.39 is 5.92 Å². The molecule has 0 saturated carbocycles. The topological polar surface area (TPSA) is 52.3 Å². The molecule has 0 N–H and O–H groups in total. The van der Waals surface area contributed by atoms with Crippen molar-refractivity contribution >= 4 is 28.6 Å². The predicted octanol–water partition coefficient (Wildman–Crippen LogP) is 3.43. The molecular weight excluding hydrogens is 357 g/mol. The van der Waals surface area contributed by atoms with Crippen LogP contribution in [-0.2, 0) is 16.1 Å². The highest BCUT2D eigenvalue weighted by Crippen LogP contribution is 2.24. The van der Waals surface area contributed by atoms with E-state index in [0.29, 0.717) is 5.69 Å². The van der Waals surface area contributed by atoms with E-state index in [0.717, 1.165) is 14.9 Å². The second-order valence-corrected chi connectivity index (χ2v) is 5.33. The van der Waals surface area contributed by atoms with E-state index in [1.54, 1.807) is 6.92 Å². The van der Waals surface area contributed by atoms with Crippen LogP contribution in [0.15, 0.2) is 34.9 Å². The molecule has 1 heterocycles. The van der Waals surface area contributed by atoms with Gasteiger partial charge in [0.2, 0.25) is 0 Å². The number of carbonyl (C=O) groups is 1. The fourth-order valence-corrected chi connectivity index (χ4v) is 2.28. The number of hydrogen-bond acceptors (Lipinski definition) is 4. The number of esters is 1. The Morgan fingerprint density at radius 3 is 2.68 bits per heavy atom. The van der Waals surface area contributed by atoms with Gasteiger partial charge < -0.3 is 9.26 Å². The van der Waals surface area contributed by atoms with Crippen LogP contribution in [0.2, 0.25) is 0 Å². The lowest BCUT2D eigenvalue weighted by Gasteiger charge is -2.09. The van der Waals surface area contributed by atoms with Crippen molar-refractivity contribution in [2.24, 2.45) is 0 Å². The molecule has 0 radical (unpaired) electrons. The van der Waals surface area contributed by atoms with Crippen LogP contribution in [0.4, 0.5) is 0 Å². The van der Waals surface area contributed by atoms with Crippen LogP contribution in [0.1, 0.15) is 29.9 Å². The smallest absolute Gasteiger partial charge is 0.315 e. The van der Waals surface area contributed by atoms with Gasteiger partial charge in [0, 0.05) is 0 Å². The monoisotopic (exact) mass is 371 g/mol. The lowest BCUT2D eigenvalue weighted by atomic mass is 10.1. The number of ether oxygens (including phenoxy) is 1. The van der Waals surface area contributed by atoms with E-state index >= 15 is 0 Å². The average Bonchev–Trinajstić information content (AvgIpc) is 2.77. The maximum atomic E-state index is 12.0. The first-order chi connectivity index (χ1) is 9.09. The number of aryl methyl sites for hydroxylation is 1. The first-order valence-electron chi connectivity index (χ1n) is 5.92. The van der Waals surface area contributed by atoms with Crippen molar-refractivity contribution in [3.05, 3.63) is 50.9 Å². The molecule has 1 aromatic carbocycles. The molecule has 0 aliphatic rings. The summed E-state index contributed by atoms with van der Waals surface area (Å²) in [4.78, 5) is 12.0. The first kappa shape index (κ1) is 14.0. The maximum Gasteiger partial charge on any atom is 0.315 e. The number of carbonyl (C=O) groups excluding carboxylic acids is 1. The third kappa shape index (κ3) is 3.34. The van der Waals surface area contributed by atoms with Crippen molar-refractivity contribution in [3.63, 3.8) is 0 Å². The quantitative estimate of drug-likeness (QED) is 0.611. The average molecular weight is 371 g/mol. The van der Waals surface area contributed by atoms with Gasteiger partial charge in [0.15, 0.2) is 0 Å². The molecule has 0 aliphatic heterocycles. The van der Waals surface area contributed by atoms with Gasteiger partial charge in [-0.3, -0.25) is 4.79 Å². The Morgan fingerprint density at radius 2 is 2.11 bits per heavy atom. The van der Waals surface area contributed by atoms with E-state index in [9.17, 15) is 4.79 Å². The van der Waals surface area contributed by atoms with Crippen LogP contribution >= 0.6 is 22.6 Å². The van der Waals surface area contributed by atoms with Crippen molar-refractivity contribution in [1.29, 1.82) is 0 Å². The SMILES string of the molecule is Cc1onc(C(C)C(=O)OCc2ccccc2)c1I. The highest BCUT2D eigenvalue weighted by Gasteiger charge is 2.24. The van der Waals surface area contributed by atoms with Crippen molar-refractivity contribution in [1.82, 2.24) is 5.16 Å². The van der Waals surface area contributed by atoms with Crippen LogP contribution in [-0.4, -0.2) is 11.1 Å². The van der Waals surface area contributed by atoms with Gasteiger partial charge in [-0.25, -0.2) is 0 Å². The number of rotatable bonds is 4. The molecule has 4 nitrogen and oxygen atoms in total. The highest BCUT2D eigenvalue weighted by molar-refractivity contribution is 14.1. The predicted molar refractivity (Wildman–Crippen MR) is 78.6 cm³/mol. The van der Waals surface area contributed by atoms with Gasteiger partial charge >= 0.3 is 5.97 Å². The summed E-state index contributed by atoms with van der Waals surface area (Å²) < 4.78 is 11.2. The molecule has 1 aromatic heterocycles. The zero-order valence-corrected chi connectivity index (χ0v) is 12.9. The Balaban J connectivity index is 1.98. The van der Waals surface area contributed by atoms with Gasteiger partial charge in [-0.05, 0) is 42.0 Å². The third-order valence-corrected chi connectivity index (χ3v) is 4.11. The second kappa shape index (κ2) is 6.18. The molecule has 1 unspecified atom stereocenters. The summed E-state index contributed by atoms with van der Waals surface area (Å²) in [6.07, 6.45) is 0. The lowest BCUT2D eigenvalue weighted by Crippen LogP contribution is -2.14. The zero-order chi connectivity index (χ0) is 13.8. The van der Waals surface area contributed by atoms with Crippen LogP contribution in [0.25, 0.3) is 0 Å². The van der Waals surface area contributed by atoms with Gasteiger partial charge in [-0.2, -0.15) is 0 Å². The molecule has 2 aromatic rings. The molecule has 5 heteroatoms. The van der Waals surface area contributed by atoms with Crippen LogP contribution in [0.3, 0.4) is 0 Å². The Morgan fingerprint density at radius 1 is 1.42 bits per heavy atom. The summed E-state index contributed by atoms with van der Waals surface area (Å²) in [5, 5.41) is 3.91. The Labute approximate surface area is 125 Å². The largest absolute Gasteiger partial charge is 0.460 e. The number of nitrogens with zero attached hydrogens (tertiary/aromatic N) is 1. The molecule has 0 saturated heterocycles. The number of aromatic nitrogens is 1. The van der Waals surface area contributed by atoms with Gasteiger partial charge in [0.05, 0.1) is 3.57 Å². The molecule has 0 bridgehead atoms.